The van der Waals surface area contributed by atoms with Gasteiger partial charge in [0.1, 0.15) is 11.6 Å². The topological polar surface area (TPSA) is 71.0 Å². The Morgan fingerprint density at radius 1 is 1.04 bits per heavy atom. The maximum atomic E-state index is 13.2. The second-order valence-corrected chi connectivity index (χ2v) is 6.46. The summed E-state index contributed by atoms with van der Waals surface area (Å²) >= 11 is 0. The third-order valence-electron chi connectivity index (χ3n) is 4.04. The molecule has 1 aromatic carbocycles. The molecule has 0 aliphatic rings. The van der Waals surface area contributed by atoms with Gasteiger partial charge in [-0.15, -0.1) is 0 Å². The summed E-state index contributed by atoms with van der Waals surface area (Å²) in [6, 6.07) is 6.13. The van der Waals surface area contributed by atoms with Crippen molar-refractivity contribution in [3.8, 4) is 0 Å². The summed E-state index contributed by atoms with van der Waals surface area (Å²) in [5.41, 5.74) is 3.43. The number of aromatic nitrogens is 3. The van der Waals surface area contributed by atoms with Gasteiger partial charge < -0.3 is 10.2 Å². The molecule has 0 saturated carbocycles. The lowest BCUT2D eigenvalue weighted by molar-refractivity contribution is 0.101. The number of amides is 1. The van der Waals surface area contributed by atoms with Crippen molar-refractivity contribution in [3.63, 3.8) is 0 Å². The SMILES string of the molecule is Cc1cc(C)c2c(N(C)C)nc(C(=O)Nc3ccc(F)cc3C)nc2n1. The highest BCUT2D eigenvalue weighted by molar-refractivity contribution is 6.04. The molecule has 0 aliphatic heterocycles. The maximum absolute atomic E-state index is 13.2. The fraction of sp³-hybridized carbons (Fsp3) is 0.263. The van der Waals surface area contributed by atoms with E-state index in [9.17, 15) is 9.18 Å². The van der Waals surface area contributed by atoms with E-state index in [1.54, 1.807) is 6.92 Å². The van der Waals surface area contributed by atoms with Gasteiger partial charge in [0.2, 0.25) is 5.82 Å². The number of nitrogens with zero attached hydrogens (tertiary/aromatic N) is 4. The zero-order valence-corrected chi connectivity index (χ0v) is 15.4. The number of halogens is 1. The number of rotatable bonds is 3. The van der Waals surface area contributed by atoms with Gasteiger partial charge >= 0.3 is 0 Å². The molecule has 6 nitrogen and oxygen atoms in total. The largest absolute Gasteiger partial charge is 0.362 e. The van der Waals surface area contributed by atoms with Gasteiger partial charge in [-0.1, -0.05) is 0 Å². The minimum Gasteiger partial charge on any atom is -0.362 e. The standard InChI is InChI=1S/C19H20FN5O/c1-10-9-13(20)6-7-14(10)22-19(26)17-23-16-15(18(24-17)25(4)5)11(2)8-12(3)21-16/h6-9H,1-5H3,(H,22,26). The van der Waals surface area contributed by atoms with Crippen molar-refractivity contribution in [3.05, 3.63) is 52.7 Å². The van der Waals surface area contributed by atoms with Crippen molar-refractivity contribution in [1.29, 1.82) is 0 Å². The highest BCUT2D eigenvalue weighted by atomic mass is 19.1. The Hall–Kier alpha value is -3.09. The second kappa shape index (κ2) is 6.67. The Morgan fingerprint density at radius 3 is 2.42 bits per heavy atom. The Balaban J connectivity index is 2.08. The Morgan fingerprint density at radius 2 is 1.77 bits per heavy atom. The maximum Gasteiger partial charge on any atom is 0.293 e. The number of hydrogen-bond acceptors (Lipinski definition) is 5. The second-order valence-electron chi connectivity index (χ2n) is 6.46. The van der Waals surface area contributed by atoms with E-state index >= 15 is 0 Å². The lowest BCUT2D eigenvalue weighted by Crippen LogP contribution is -2.20. The van der Waals surface area contributed by atoms with Gasteiger partial charge in [-0.2, -0.15) is 0 Å². The van der Waals surface area contributed by atoms with Crippen LogP contribution in [-0.4, -0.2) is 35.0 Å². The summed E-state index contributed by atoms with van der Waals surface area (Å²) in [6.45, 7) is 5.57. The van der Waals surface area contributed by atoms with Crippen molar-refractivity contribution in [2.75, 3.05) is 24.3 Å². The smallest absolute Gasteiger partial charge is 0.293 e. The van der Waals surface area contributed by atoms with Crippen LogP contribution in [0, 0.1) is 26.6 Å². The highest BCUT2D eigenvalue weighted by Gasteiger charge is 2.18. The van der Waals surface area contributed by atoms with Gasteiger partial charge in [0.25, 0.3) is 5.91 Å². The molecule has 0 fully saturated rings. The fourth-order valence-corrected chi connectivity index (χ4v) is 2.83. The van der Waals surface area contributed by atoms with Crippen LogP contribution in [0.25, 0.3) is 11.0 Å². The first-order chi connectivity index (χ1) is 12.3. The summed E-state index contributed by atoms with van der Waals surface area (Å²) in [4.78, 5) is 27.7. The molecule has 1 amide bonds. The molecule has 3 rings (SSSR count). The van der Waals surface area contributed by atoms with Crippen LogP contribution in [-0.2, 0) is 0 Å². The quantitative estimate of drug-likeness (QED) is 0.781. The number of nitrogens with one attached hydrogen (secondary N) is 1. The highest BCUT2D eigenvalue weighted by Crippen LogP contribution is 2.26. The number of carbonyl (C=O) groups excluding carboxylic acids is 1. The van der Waals surface area contributed by atoms with E-state index < -0.39 is 5.91 Å². The molecular weight excluding hydrogens is 333 g/mol. The average molecular weight is 353 g/mol. The van der Waals surface area contributed by atoms with E-state index in [0.29, 0.717) is 22.7 Å². The van der Waals surface area contributed by atoms with Gasteiger partial charge in [-0.3, -0.25) is 4.79 Å². The first kappa shape index (κ1) is 17.7. The third kappa shape index (κ3) is 3.33. The fourth-order valence-electron chi connectivity index (χ4n) is 2.83. The predicted molar refractivity (Wildman–Crippen MR) is 100 cm³/mol. The first-order valence-corrected chi connectivity index (χ1v) is 8.17. The van der Waals surface area contributed by atoms with Crippen LogP contribution in [0.1, 0.15) is 27.4 Å². The first-order valence-electron chi connectivity index (χ1n) is 8.17. The number of hydrogen-bond donors (Lipinski definition) is 1. The van der Waals surface area contributed by atoms with E-state index in [1.165, 1.54) is 18.2 Å². The van der Waals surface area contributed by atoms with Gasteiger partial charge in [-0.25, -0.2) is 19.3 Å². The molecule has 0 spiro atoms. The van der Waals surface area contributed by atoms with Crippen LogP contribution in [0.5, 0.6) is 0 Å². The van der Waals surface area contributed by atoms with E-state index in [2.05, 4.69) is 20.3 Å². The lowest BCUT2D eigenvalue weighted by atomic mass is 10.1. The molecule has 0 aliphatic carbocycles. The van der Waals surface area contributed by atoms with Crippen LogP contribution >= 0.6 is 0 Å². The molecule has 0 atom stereocenters. The zero-order chi connectivity index (χ0) is 19.0. The molecule has 0 unspecified atom stereocenters. The number of pyridine rings is 1. The molecule has 26 heavy (non-hydrogen) atoms. The van der Waals surface area contributed by atoms with E-state index in [1.807, 2.05) is 38.9 Å². The number of carbonyl (C=O) groups is 1. The van der Waals surface area contributed by atoms with E-state index in [0.717, 1.165) is 16.6 Å². The van der Waals surface area contributed by atoms with Crippen molar-refractivity contribution < 1.29 is 9.18 Å². The molecule has 2 aromatic heterocycles. The minimum atomic E-state index is -0.467. The zero-order valence-electron chi connectivity index (χ0n) is 15.4. The average Bonchev–Trinajstić information content (AvgIpc) is 2.55. The molecular formula is C19H20FN5O. The van der Waals surface area contributed by atoms with E-state index in [-0.39, 0.29) is 11.6 Å². The van der Waals surface area contributed by atoms with Crippen LogP contribution in [0.3, 0.4) is 0 Å². The molecule has 2 heterocycles. The van der Waals surface area contributed by atoms with Gasteiger partial charge in [0.15, 0.2) is 5.65 Å². The molecule has 0 radical (unpaired) electrons. The minimum absolute atomic E-state index is 0.0161. The predicted octanol–water partition coefficient (Wildman–Crippen LogP) is 3.41. The Kier molecular flexibility index (Phi) is 4.54. The summed E-state index contributed by atoms with van der Waals surface area (Å²) in [7, 11) is 3.71. The number of benzene rings is 1. The van der Waals surface area contributed by atoms with Crippen molar-refractivity contribution in [2.45, 2.75) is 20.8 Å². The Labute approximate surface area is 151 Å². The summed E-state index contributed by atoms with van der Waals surface area (Å²) in [5.74, 6) is -0.179. The number of fused-ring (bicyclic) bond motifs is 1. The lowest BCUT2D eigenvalue weighted by Gasteiger charge is -2.17. The van der Waals surface area contributed by atoms with Gasteiger partial charge in [0, 0.05) is 25.5 Å². The molecule has 1 N–H and O–H groups in total. The van der Waals surface area contributed by atoms with Gasteiger partial charge in [-0.05, 0) is 56.2 Å². The third-order valence-corrected chi connectivity index (χ3v) is 4.04. The number of aryl methyl sites for hydroxylation is 3. The van der Waals surface area contributed by atoms with Crippen molar-refractivity contribution >= 4 is 28.4 Å². The van der Waals surface area contributed by atoms with Crippen LogP contribution in [0.15, 0.2) is 24.3 Å². The van der Waals surface area contributed by atoms with Crippen molar-refractivity contribution in [1.82, 2.24) is 15.0 Å². The molecule has 0 bridgehead atoms. The normalized spacial score (nSPS) is 10.8. The summed E-state index contributed by atoms with van der Waals surface area (Å²) in [5, 5.41) is 3.55. The van der Waals surface area contributed by atoms with Crippen LogP contribution in [0.2, 0.25) is 0 Å². The number of anilines is 2. The molecule has 7 heteroatoms. The van der Waals surface area contributed by atoms with Gasteiger partial charge in [0.05, 0.1) is 5.39 Å². The summed E-state index contributed by atoms with van der Waals surface area (Å²) < 4.78 is 13.2. The summed E-state index contributed by atoms with van der Waals surface area (Å²) in [6.07, 6.45) is 0. The van der Waals surface area contributed by atoms with Crippen molar-refractivity contribution in [2.24, 2.45) is 0 Å². The molecule has 0 saturated heterocycles. The molecule has 134 valence electrons. The van der Waals surface area contributed by atoms with E-state index in [4.69, 9.17) is 0 Å². The monoisotopic (exact) mass is 353 g/mol. The molecule has 3 aromatic rings. The van der Waals surface area contributed by atoms with Crippen LogP contribution in [0.4, 0.5) is 15.9 Å². The Bertz CT molecular complexity index is 1020. The van der Waals surface area contributed by atoms with Crippen LogP contribution < -0.4 is 10.2 Å².